The fraction of sp³-hybridized carbons (Fsp3) is 0.650. The van der Waals surface area contributed by atoms with Crippen molar-refractivity contribution < 1.29 is 9.13 Å². The average Bonchev–Trinajstić information content (AvgIpc) is 2.72. The number of halogens is 1. The normalized spacial score (nSPS) is 20.3. The third-order valence-corrected chi connectivity index (χ3v) is 5.63. The summed E-state index contributed by atoms with van der Waals surface area (Å²) in [5.74, 6) is 1.09. The highest BCUT2D eigenvalue weighted by molar-refractivity contribution is 5.78. The number of guanidine groups is 1. The maximum Gasteiger partial charge on any atom is 0.191 e. The number of hydrogen-bond donors (Lipinski definition) is 1. The summed E-state index contributed by atoms with van der Waals surface area (Å²) in [5.41, 5.74) is 7.31. The van der Waals surface area contributed by atoms with Crippen molar-refractivity contribution in [3.05, 3.63) is 30.1 Å². The van der Waals surface area contributed by atoms with Crippen LogP contribution in [-0.4, -0.2) is 81.8 Å². The van der Waals surface area contributed by atoms with E-state index in [1.165, 1.54) is 25.0 Å². The van der Waals surface area contributed by atoms with Gasteiger partial charge in [-0.1, -0.05) is 0 Å². The number of hydrogen-bond acceptors (Lipinski definition) is 4. The maximum atomic E-state index is 13.1. The molecular weight excluding hydrogens is 345 g/mol. The first kappa shape index (κ1) is 19.9. The van der Waals surface area contributed by atoms with E-state index >= 15 is 0 Å². The van der Waals surface area contributed by atoms with Crippen LogP contribution in [0, 0.1) is 11.7 Å². The first-order valence-electron chi connectivity index (χ1n) is 9.92. The van der Waals surface area contributed by atoms with Crippen molar-refractivity contribution in [1.82, 2.24) is 9.80 Å². The molecule has 2 heterocycles. The van der Waals surface area contributed by atoms with Crippen LogP contribution in [0.15, 0.2) is 29.3 Å². The Morgan fingerprint density at radius 3 is 2.41 bits per heavy atom. The van der Waals surface area contributed by atoms with Crippen molar-refractivity contribution in [2.45, 2.75) is 12.8 Å². The van der Waals surface area contributed by atoms with Gasteiger partial charge in [-0.15, -0.1) is 0 Å². The molecule has 0 aromatic heterocycles. The molecule has 0 saturated carbocycles. The second kappa shape index (κ2) is 9.90. The molecule has 0 atom stereocenters. The van der Waals surface area contributed by atoms with Crippen LogP contribution < -0.4 is 10.6 Å². The van der Waals surface area contributed by atoms with Gasteiger partial charge in [-0.25, -0.2) is 4.39 Å². The minimum absolute atomic E-state index is 0.196. The second-order valence-electron chi connectivity index (χ2n) is 7.43. The van der Waals surface area contributed by atoms with Gasteiger partial charge in [-0.05, 0) is 56.1 Å². The second-order valence-corrected chi connectivity index (χ2v) is 7.43. The van der Waals surface area contributed by atoms with E-state index in [0.717, 1.165) is 64.7 Å². The molecule has 2 N–H and O–H groups in total. The summed E-state index contributed by atoms with van der Waals surface area (Å²) in [5, 5.41) is 0. The van der Waals surface area contributed by atoms with E-state index in [1.54, 1.807) is 7.11 Å². The highest BCUT2D eigenvalue weighted by Crippen LogP contribution is 2.18. The Labute approximate surface area is 161 Å². The summed E-state index contributed by atoms with van der Waals surface area (Å²) >= 11 is 0. The molecule has 6 nitrogen and oxygen atoms in total. The lowest BCUT2D eigenvalue weighted by Crippen LogP contribution is -2.51. The first-order valence-corrected chi connectivity index (χ1v) is 9.92. The topological polar surface area (TPSA) is 57.3 Å². The molecule has 1 aromatic rings. The Morgan fingerprint density at radius 1 is 1.11 bits per heavy atom. The zero-order valence-electron chi connectivity index (χ0n) is 16.3. The molecule has 0 unspecified atom stereocenters. The highest BCUT2D eigenvalue weighted by Gasteiger charge is 2.21. The number of ether oxygens (including phenoxy) is 1. The van der Waals surface area contributed by atoms with Crippen LogP contribution in [-0.2, 0) is 4.74 Å². The fourth-order valence-electron chi connectivity index (χ4n) is 3.78. The smallest absolute Gasteiger partial charge is 0.191 e. The molecule has 0 spiro atoms. The monoisotopic (exact) mass is 377 g/mol. The van der Waals surface area contributed by atoms with Crippen molar-refractivity contribution in [3.63, 3.8) is 0 Å². The Morgan fingerprint density at radius 2 is 1.78 bits per heavy atom. The molecule has 2 saturated heterocycles. The number of likely N-dealkylation sites (tertiary alicyclic amines) is 1. The molecule has 7 heteroatoms. The molecule has 2 aliphatic rings. The molecule has 0 bridgehead atoms. The van der Waals surface area contributed by atoms with E-state index in [4.69, 9.17) is 10.5 Å². The lowest BCUT2D eigenvalue weighted by atomic mass is 9.97. The van der Waals surface area contributed by atoms with Gasteiger partial charge in [0.15, 0.2) is 5.96 Å². The van der Waals surface area contributed by atoms with Gasteiger partial charge in [-0.2, -0.15) is 0 Å². The molecule has 2 aliphatic heterocycles. The molecule has 0 radical (unpaired) electrons. The van der Waals surface area contributed by atoms with Crippen LogP contribution in [0.2, 0.25) is 0 Å². The Bertz CT molecular complexity index is 593. The van der Waals surface area contributed by atoms with Crippen molar-refractivity contribution in [1.29, 1.82) is 0 Å². The molecular formula is C20H32FN5O. The van der Waals surface area contributed by atoms with Gasteiger partial charge in [0.05, 0.1) is 6.61 Å². The van der Waals surface area contributed by atoms with E-state index < -0.39 is 0 Å². The summed E-state index contributed by atoms with van der Waals surface area (Å²) < 4.78 is 18.2. The van der Waals surface area contributed by atoms with Crippen LogP contribution >= 0.6 is 0 Å². The van der Waals surface area contributed by atoms with Gasteiger partial charge in [0.2, 0.25) is 0 Å². The van der Waals surface area contributed by atoms with Crippen LogP contribution in [0.5, 0.6) is 0 Å². The largest absolute Gasteiger partial charge is 0.383 e. The minimum atomic E-state index is -0.196. The molecule has 0 aliphatic carbocycles. The number of piperazine rings is 1. The Kier molecular flexibility index (Phi) is 7.29. The highest BCUT2D eigenvalue weighted by atomic mass is 19.1. The molecule has 27 heavy (non-hydrogen) atoms. The van der Waals surface area contributed by atoms with Crippen LogP contribution in [0.4, 0.5) is 10.1 Å². The van der Waals surface area contributed by atoms with Crippen molar-refractivity contribution >= 4 is 11.6 Å². The SMILES string of the molecule is COCCN1CCC(CN=C(N)N2CCN(c3ccc(F)cc3)CC2)CC1. The van der Waals surface area contributed by atoms with E-state index in [2.05, 4.69) is 19.7 Å². The standard InChI is InChI=1S/C20H32FN5O/c1-27-15-14-24-8-6-17(7-9-24)16-23-20(22)26-12-10-25(11-13-26)19-4-2-18(21)3-5-19/h2-5,17H,6-16H2,1H3,(H2,22,23). The number of rotatable bonds is 6. The summed E-state index contributed by atoms with van der Waals surface area (Å²) in [4.78, 5) is 11.6. The average molecular weight is 378 g/mol. The van der Waals surface area contributed by atoms with Crippen molar-refractivity contribution in [2.75, 3.05) is 71.0 Å². The molecule has 2 fully saturated rings. The Balaban J connectivity index is 1.40. The van der Waals surface area contributed by atoms with Gasteiger partial charge in [-0.3, -0.25) is 4.99 Å². The molecule has 150 valence electrons. The Hall–Kier alpha value is -1.86. The van der Waals surface area contributed by atoms with Crippen LogP contribution in [0.3, 0.4) is 0 Å². The summed E-state index contributed by atoms with van der Waals surface area (Å²) in [7, 11) is 1.75. The quantitative estimate of drug-likeness (QED) is 0.603. The third-order valence-electron chi connectivity index (χ3n) is 5.63. The van der Waals surface area contributed by atoms with Gasteiger partial charge >= 0.3 is 0 Å². The number of anilines is 1. The zero-order chi connectivity index (χ0) is 19.1. The number of nitrogens with zero attached hydrogens (tertiary/aromatic N) is 4. The summed E-state index contributed by atoms with van der Waals surface area (Å²) in [6.07, 6.45) is 2.36. The predicted octanol–water partition coefficient (Wildman–Crippen LogP) is 1.62. The molecule has 1 aromatic carbocycles. The molecule has 0 amide bonds. The van der Waals surface area contributed by atoms with Crippen LogP contribution in [0.1, 0.15) is 12.8 Å². The third kappa shape index (κ3) is 5.81. The number of benzene rings is 1. The number of piperidine rings is 1. The van der Waals surface area contributed by atoms with Gasteiger partial charge in [0.25, 0.3) is 0 Å². The van der Waals surface area contributed by atoms with Gasteiger partial charge < -0.3 is 25.2 Å². The first-order chi connectivity index (χ1) is 13.2. The van der Waals surface area contributed by atoms with Crippen LogP contribution in [0.25, 0.3) is 0 Å². The van der Waals surface area contributed by atoms with E-state index in [0.29, 0.717) is 11.9 Å². The van der Waals surface area contributed by atoms with E-state index in [9.17, 15) is 4.39 Å². The molecule has 3 rings (SSSR count). The number of methoxy groups -OCH3 is 1. The number of nitrogens with two attached hydrogens (primary N) is 1. The van der Waals surface area contributed by atoms with E-state index in [-0.39, 0.29) is 5.82 Å². The minimum Gasteiger partial charge on any atom is -0.383 e. The lowest BCUT2D eigenvalue weighted by molar-refractivity contribution is 0.121. The van der Waals surface area contributed by atoms with Gasteiger partial charge in [0, 0.05) is 52.1 Å². The summed E-state index contributed by atoms with van der Waals surface area (Å²) in [6, 6.07) is 6.69. The predicted molar refractivity (Wildman–Crippen MR) is 108 cm³/mol. The number of aliphatic imine (C=N–C) groups is 1. The zero-order valence-corrected chi connectivity index (χ0v) is 16.3. The fourth-order valence-corrected chi connectivity index (χ4v) is 3.78. The maximum absolute atomic E-state index is 13.1. The van der Waals surface area contributed by atoms with Gasteiger partial charge in [0.1, 0.15) is 5.82 Å². The lowest BCUT2D eigenvalue weighted by Gasteiger charge is -2.37. The summed E-state index contributed by atoms with van der Waals surface area (Å²) in [6.45, 7) is 8.35. The van der Waals surface area contributed by atoms with E-state index in [1.807, 2.05) is 12.1 Å². The van der Waals surface area contributed by atoms with Crippen molar-refractivity contribution in [3.8, 4) is 0 Å². The van der Waals surface area contributed by atoms with Crippen molar-refractivity contribution in [2.24, 2.45) is 16.6 Å².